The number of halogens is 4. The lowest BCUT2D eigenvalue weighted by molar-refractivity contribution is 0.0955. The van der Waals surface area contributed by atoms with Crippen LogP contribution in [0.25, 0.3) is 0 Å². The first-order valence-electron chi connectivity index (χ1n) is 11.0. The van der Waals surface area contributed by atoms with Crippen LogP contribution in [0.1, 0.15) is 27.4 Å². The highest BCUT2D eigenvalue weighted by atomic mass is 35.5. The molecular formula is C26H19Cl3FN3O4S. The van der Waals surface area contributed by atoms with Gasteiger partial charge in [0.05, 0.1) is 27.7 Å². The summed E-state index contributed by atoms with van der Waals surface area (Å²) in [6.45, 7) is -0.124. The zero-order valence-corrected chi connectivity index (χ0v) is 22.5. The standard InChI is InChI=1S/C26H19Cl3FN3O4S/c27-19-4-10-23(11-5-19)38(35,36)33(15-17-1-12-24(28)25(29)13-17)16-22-9-8-21(37-22)14-31-32-26(34)18-2-6-20(30)7-3-18/h1-14H,15-16H2,(H,32,34)/b31-14-. The summed E-state index contributed by atoms with van der Waals surface area (Å²) in [5.41, 5.74) is 3.17. The van der Waals surface area contributed by atoms with Crippen LogP contribution in [0.2, 0.25) is 15.1 Å². The van der Waals surface area contributed by atoms with Crippen molar-refractivity contribution in [1.29, 1.82) is 0 Å². The minimum Gasteiger partial charge on any atom is -0.459 e. The Labute approximate surface area is 233 Å². The van der Waals surface area contributed by atoms with Crippen LogP contribution in [0.4, 0.5) is 4.39 Å². The number of rotatable bonds is 9. The maximum absolute atomic E-state index is 13.5. The SMILES string of the molecule is O=C(N/N=C\c1ccc(CN(Cc2ccc(Cl)c(Cl)c2)S(=O)(=O)c2ccc(Cl)cc2)o1)c1ccc(F)cc1. The van der Waals surface area contributed by atoms with Crippen LogP contribution in [-0.4, -0.2) is 24.8 Å². The van der Waals surface area contributed by atoms with Gasteiger partial charge in [-0.15, -0.1) is 0 Å². The Morgan fingerprint density at radius 2 is 1.63 bits per heavy atom. The summed E-state index contributed by atoms with van der Waals surface area (Å²) in [6.07, 6.45) is 1.27. The van der Waals surface area contributed by atoms with E-state index in [9.17, 15) is 17.6 Å². The highest BCUT2D eigenvalue weighted by molar-refractivity contribution is 7.89. The minimum atomic E-state index is -3.97. The Balaban J connectivity index is 1.52. The van der Waals surface area contributed by atoms with E-state index in [0.29, 0.717) is 26.4 Å². The third-order valence-electron chi connectivity index (χ3n) is 5.27. The third-order valence-corrected chi connectivity index (χ3v) is 8.07. The number of furan rings is 1. The summed E-state index contributed by atoms with van der Waals surface area (Å²) in [6, 6.07) is 18.9. The summed E-state index contributed by atoms with van der Waals surface area (Å²) in [4.78, 5) is 12.2. The summed E-state index contributed by atoms with van der Waals surface area (Å²) in [7, 11) is -3.97. The van der Waals surface area contributed by atoms with Crippen molar-refractivity contribution in [3.8, 4) is 0 Å². The molecule has 0 spiro atoms. The van der Waals surface area contributed by atoms with E-state index in [1.54, 1.807) is 30.3 Å². The molecule has 38 heavy (non-hydrogen) atoms. The third kappa shape index (κ3) is 7.00. The maximum atomic E-state index is 13.5. The Hall–Kier alpha value is -3.21. The van der Waals surface area contributed by atoms with Gasteiger partial charge >= 0.3 is 0 Å². The zero-order chi connectivity index (χ0) is 27.3. The molecule has 196 valence electrons. The van der Waals surface area contributed by atoms with Crippen LogP contribution in [0.3, 0.4) is 0 Å². The van der Waals surface area contributed by atoms with Gasteiger partial charge in [0.15, 0.2) is 0 Å². The Morgan fingerprint density at radius 3 is 2.32 bits per heavy atom. The van der Waals surface area contributed by atoms with Crippen molar-refractivity contribution < 1.29 is 22.0 Å². The second kappa shape index (κ2) is 12.1. The van der Waals surface area contributed by atoms with E-state index >= 15 is 0 Å². The van der Waals surface area contributed by atoms with E-state index in [2.05, 4.69) is 10.5 Å². The molecule has 7 nitrogen and oxygen atoms in total. The number of amides is 1. The average Bonchev–Trinajstić information content (AvgIpc) is 3.33. The van der Waals surface area contributed by atoms with Gasteiger partial charge < -0.3 is 4.42 Å². The number of hydrazone groups is 1. The van der Waals surface area contributed by atoms with Gasteiger partial charge in [-0.25, -0.2) is 18.2 Å². The Kier molecular flexibility index (Phi) is 8.86. The lowest BCUT2D eigenvalue weighted by Gasteiger charge is -2.22. The van der Waals surface area contributed by atoms with Crippen LogP contribution in [0.5, 0.6) is 0 Å². The van der Waals surface area contributed by atoms with E-state index in [4.69, 9.17) is 39.2 Å². The number of carbonyl (C=O) groups is 1. The predicted octanol–water partition coefficient (Wildman–Crippen LogP) is 6.53. The quantitative estimate of drug-likeness (QED) is 0.176. The summed E-state index contributed by atoms with van der Waals surface area (Å²) in [5.74, 6) is -0.388. The molecule has 0 radical (unpaired) electrons. The van der Waals surface area contributed by atoms with E-state index in [1.807, 2.05) is 0 Å². The summed E-state index contributed by atoms with van der Waals surface area (Å²) < 4.78 is 47.0. The fraction of sp³-hybridized carbons (Fsp3) is 0.0769. The van der Waals surface area contributed by atoms with E-state index < -0.39 is 21.7 Å². The van der Waals surface area contributed by atoms with Crippen molar-refractivity contribution in [3.63, 3.8) is 0 Å². The molecule has 12 heteroatoms. The van der Waals surface area contributed by atoms with Gasteiger partial charge in [0.2, 0.25) is 10.0 Å². The largest absolute Gasteiger partial charge is 0.459 e. The number of nitrogens with zero attached hydrogens (tertiary/aromatic N) is 2. The van der Waals surface area contributed by atoms with E-state index in [0.717, 1.165) is 0 Å². The molecule has 0 atom stereocenters. The van der Waals surface area contributed by atoms with Gasteiger partial charge in [0.25, 0.3) is 5.91 Å². The van der Waals surface area contributed by atoms with Crippen LogP contribution >= 0.6 is 34.8 Å². The number of benzene rings is 3. The lowest BCUT2D eigenvalue weighted by Crippen LogP contribution is -2.30. The fourth-order valence-electron chi connectivity index (χ4n) is 3.37. The molecular weight excluding hydrogens is 576 g/mol. The van der Waals surface area contributed by atoms with Crippen LogP contribution < -0.4 is 5.43 Å². The van der Waals surface area contributed by atoms with Crippen LogP contribution in [0, 0.1) is 5.82 Å². The van der Waals surface area contributed by atoms with Gasteiger partial charge in [0.1, 0.15) is 17.3 Å². The van der Waals surface area contributed by atoms with E-state index in [1.165, 1.54) is 59.1 Å². The van der Waals surface area contributed by atoms with Gasteiger partial charge in [-0.05, 0) is 78.4 Å². The number of carbonyl (C=O) groups excluding carboxylic acids is 1. The topological polar surface area (TPSA) is 92.0 Å². The smallest absolute Gasteiger partial charge is 0.271 e. The first-order chi connectivity index (χ1) is 18.1. The number of sulfonamides is 1. The molecule has 1 amide bonds. The van der Waals surface area contributed by atoms with Crippen molar-refractivity contribution in [2.45, 2.75) is 18.0 Å². The molecule has 1 heterocycles. The number of hydrogen-bond acceptors (Lipinski definition) is 5. The van der Waals surface area contributed by atoms with Crippen molar-refractivity contribution in [3.05, 3.63) is 122 Å². The molecule has 0 bridgehead atoms. The molecule has 0 saturated carbocycles. The number of hydrogen-bond donors (Lipinski definition) is 1. The fourth-order valence-corrected chi connectivity index (χ4v) is 5.21. The average molecular weight is 595 g/mol. The molecule has 0 aliphatic heterocycles. The lowest BCUT2D eigenvalue weighted by atomic mass is 10.2. The molecule has 1 N–H and O–H groups in total. The van der Waals surface area contributed by atoms with Gasteiger partial charge in [-0.3, -0.25) is 4.79 Å². The second-order valence-electron chi connectivity index (χ2n) is 7.99. The molecule has 4 rings (SSSR count). The van der Waals surface area contributed by atoms with E-state index in [-0.39, 0.29) is 29.3 Å². The van der Waals surface area contributed by atoms with Gasteiger partial charge in [-0.2, -0.15) is 9.41 Å². The molecule has 0 saturated heterocycles. The number of nitrogens with one attached hydrogen (secondary N) is 1. The van der Waals surface area contributed by atoms with Gasteiger partial charge in [0, 0.05) is 17.1 Å². The Bertz CT molecular complexity index is 1570. The molecule has 4 aromatic rings. The van der Waals surface area contributed by atoms with Crippen molar-refractivity contribution >= 4 is 56.9 Å². The molecule has 3 aromatic carbocycles. The molecule has 0 aliphatic rings. The van der Waals surface area contributed by atoms with Crippen molar-refractivity contribution in [1.82, 2.24) is 9.73 Å². The van der Waals surface area contributed by atoms with Crippen molar-refractivity contribution in [2.24, 2.45) is 5.10 Å². The normalized spacial score (nSPS) is 11.8. The monoisotopic (exact) mass is 593 g/mol. The second-order valence-corrected chi connectivity index (χ2v) is 11.2. The summed E-state index contributed by atoms with van der Waals surface area (Å²) >= 11 is 18.1. The summed E-state index contributed by atoms with van der Waals surface area (Å²) in [5, 5.41) is 4.89. The zero-order valence-electron chi connectivity index (χ0n) is 19.4. The Morgan fingerprint density at radius 1 is 0.921 bits per heavy atom. The van der Waals surface area contributed by atoms with Crippen molar-refractivity contribution in [2.75, 3.05) is 0 Å². The molecule has 0 aliphatic carbocycles. The first kappa shape index (κ1) is 27.8. The minimum absolute atomic E-state index is 0.0142. The highest BCUT2D eigenvalue weighted by Gasteiger charge is 2.26. The van der Waals surface area contributed by atoms with Gasteiger partial charge in [-0.1, -0.05) is 40.9 Å². The first-order valence-corrected chi connectivity index (χ1v) is 13.6. The van der Waals surface area contributed by atoms with Crippen LogP contribution in [-0.2, 0) is 23.1 Å². The molecule has 1 aromatic heterocycles. The predicted molar refractivity (Wildman–Crippen MR) is 145 cm³/mol. The van der Waals surface area contributed by atoms with Crippen LogP contribution in [0.15, 0.2) is 93.3 Å². The maximum Gasteiger partial charge on any atom is 0.271 e. The molecule has 0 unspecified atom stereocenters. The molecule has 0 fully saturated rings. The highest BCUT2D eigenvalue weighted by Crippen LogP contribution is 2.27.